The molecular formula is C11H19N3O4. The van der Waals surface area contributed by atoms with E-state index in [9.17, 15) is 14.7 Å². The lowest BCUT2D eigenvalue weighted by Crippen LogP contribution is -2.63. The van der Waals surface area contributed by atoms with Gasteiger partial charge in [0.15, 0.2) is 0 Å². The molecular weight excluding hydrogens is 238 g/mol. The van der Waals surface area contributed by atoms with Crippen molar-refractivity contribution in [1.82, 2.24) is 16.0 Å². The first kappa shape index (κ1) is 13.3. The molecule has 0 saturated carbocycles. The number of rotatable bonds is 3. The predicted octanol–water partition coefficient (Wildman–Crippen LogP) is -2.27. The molecule has 18 heavy (non-hydrogen) atoms. The van der Waals surface area contributed by atoms with Crippen molar-refractivity contribution in [2.24, 2.45) is 0 Å². The second kappa shape index (κ2) is 5.64. The zero-order valence-electron chi connectivity index (χ0n) is 10.2. The van der Waals surface area contributed by atoms with Crippen molar-refractivity contribution in [2.75, 3.05) is 32.9 Å². The molecule has 2 amide bonds. The quantitative estimate of drug-likeness (QED) is 0.457. The molecule has 4 N–H and O–H groups in total. The zero-order valence-corrected chi connectivity index (χ0v) is 10.2. The summed E-state index contributed by atoms with van der Waals surface area (Å²) in [7, 11) is 0. The number of hydrogen-bond acceptors (Lipinski definition) is 5. The Hall–Kier alpha value is -1.18. The van der Waals surface area contributed by atoms with Crippen LogP contribution in [0.4, 0.5) is 0 Å². The van der Waals surface area contributed by atoms with Crippen molar-refractivity contribution in [3.05, 3.63) is 0 Å². The molecule has 0 spiro atoms. The molecule has 2 fully saturated rings. The number of carbonyl (C=O) groups is 2. The van der Waals surface area contributed by atoms with Crippen molar-refractivity contribution >= 4 is 11.8 Å². The van der Waals surface area contributed by atoms with Gasteiger partial charge in [-0.1, -0.05) is 0 Å². The Morgan fingerprint density at radius 3 is 2.78 bits per heavy atom. The fourth-order valence-electron chi connectivity index (χ4n) is 2.19. The fraction of sp³-hybridized carbons (Fsp3) is 0.818. The largest absolute Gasteiger partial charge is 0.394 e. The van der Waals surface area contributed by atoms with Gasteiger partial charge >= 0.3 is 0 Å². The monoisotopic (exact) mass is 257 g/mol. The molecule has 0 aromatic heterocycles. The van der Waals surface area contributed by atoms with Gasteiger partial charge in [0.05, 0.1) is 18.7 Å². The standard InChI is InChI=1S/C11H19N3O4/c15-7-11(1-3-18-4-2-11)14-10(17)8-5-13-9(16)6-12-8/h8,12,15H,1-7H2,(H,13,16)(H,14,17). The van der Waals surface area contributed by atoms with E-state index in [1.54, 1.807) is 0 Å². The summed E-state index contributed by atoms with van der Waals surface area (Å²) in [5.74, 6) is -0.298. The summed E-state index contributed by atoms with van der Waals surface area (Å²) in [6.45, 7) is 1.41. The van der Waals surface area contributed by atoms with Crippen LogP contribution < -0.4 is 16.0 Å². The zero-order chi connectivity index (χ0) is 13.0. The molecule has 0 radical (unpaired) electrons. The molecule has 2 aliphatic heterocycles. The molecule has 2 aliphatic rings. The van der Waals surface area contributed by atoms with Gasteiger partial charge in [0.2, 0.25) is 11.8 Å². The molecule has 102 valence electrons. The summed E-state index contributed by atoms with van der Waals surface area (Å²) in [6, 6.07) is -0.436. The minimum Gasteiger partial charge on any atom is -0.394 e. The van der Waals surface area contributed by atoms with Gasteiger partial charge in [-0.15, -0.1) is 0 Å². The van der Waals surface area contributed by atoms with Crippen LogP contribution in [-0.4, -0.2) is 61.4 Å². The van der Waals surface area contributed by atoms with Gasteiger partial charge in [0, 0.05) is 19.8 Å². The molecule has 1 unspecified atom stereocenters. The highest BCUT2D eigenvalue weighted by Gasteiger charge is 2.36. The van der Waals surface area contributed by atoms with Crippen LogP contribution in [-0.2, 0) is 14.3 Å². The van der Waals surface area contributed by atoms with E-state index < -0.39 is 11.6 Å². The Labute approximate surface area is 105 Å². The lowest BCUT2D eigenvalue weighted by atomic mass is 9.90. The minimum absolute atomic E-state index is 0.0961. The number of carbonyl (C=O) groups excluding carboxylic acids is 2. The van der Waals surface area contributed by atoms with Crippen LogP contribution in [0.2, 0.25) is 0 Å². The van der Waals surface area contributed by atoms with Crippen molar-refractivity contribution in [3.63, 3.8) is 0 Å². The van der Waals surface area contributed by atoms with Gasteiger partial charge in [0.25, 0.3) is 0 Å². The van der Waals surface area contributed by atoms with E-state index in [1.165, 1.54) is 0 Å². The summed E-state index contributed by atoms with van der Waals surface area (Å²) < 4.78 is 5.23. The number of aliphatic hydroxyl groups is 1. The van der Waals surface area contributed by atoms with Crippen LogP contribution >= 0.6 is 0 Å². The number of ether oxygens (including phenoxy) is 1. The molecule has 2 rings (SSSR count). The van der Waals surface area contributed by atoms with Crippen molar-refractivity contribution < 1.29 is 19.4 Å². The number of hydrogen-bond donors (Lipinski definition) is 4. The van der Waals surface area contributed by atoms with E-state index in [0.29, 0.717) is 26.1 Å². The van der Waals surface area contributed by atoms with Crippen LogP contribution in [0.1, 0.15) is 12.8 Å². The Morgan fingerprint density at radius 1 is 1.50 bits per heavy atom. The van der Waals surface area contributed by atoms with Gasteiger partial charge in [-0.25, -0.2) is 0 Å². The van der Waals surface area contributed by atoms with Crippen molar-refractivity contribution in [2.45, 2.75) is 24.4 Å². The summed E-state index contributed by atoms with van der Waals surface area (Å²) in [6.07, 6.45) is 1.21. The number of piperazine rings is 1. The van der Waals surface area contributed by atoms with Crippen LogP contribution in [0.15, 0.2) is 0 Å². The van der Waals surface area contributed by atoms with Crippen molar-refractivity contribution in [1.29, 1.82) is 0 Å². The number of amides is 2. The maximum Gasteiger partial charge on any atom is 0.239 e. The normalized spacial score (nSPS) is 27.4. The predicted molar refractivity (Wildman–Crippen MR) is 62.8 cm³/mol. The summed E-state index contributed by atoms with van der Waals surface area (Å²) in [5.41, 5.74) is -0.585. The average molecular weight is 257 g/mol. The van der Waals surface area contributed by atoms with E-state index in [2.05, 4.69) is 16.0 Å². The summed E-state index contributed by atoms with van der Waals surface area (Å²) >= 11 is 0. The van der Waals surface area contributed by atoms with Gasteiger partial charge in [-0.3, -0.25) is 14.9 Å². The van der Waals surface area contributed by atoms with Crippen LogP contribution in [0, 0.1) is 0 Å². The highest BCUT2D eigenvalue weighted by Crippen LogP contribution is 2.20. The van der Waals surface area contributed by atoms with Gasteiger partial charge < -0.3 is 20.5 Å². The third-order valence-corrected chi connectivity index (χ3v) is 3.47. The van der Waals surface area contributed by atoms with E-state index in [4.69, 9.17) is 4.74 Å². The van der Waals surface area contributed by atoms with E-state index >= 15 is 0 Å². The molecule has 2 heterocycles. The summed E-state index contributed by atoms with van der Waals surface area (Å²) in [5, 5.41) is 17.8. The van der Waals surface area contributed by atoms with Gasteiger partial charge in [-0.05, 0) is 12.8 Å². The third-order valence-electron chi connectivity index (χ3n) is 3.47. The van der Waals surface area contributed by atoms with Crippen LogP contribution in [0.5, 0.6) is 0 Å². The second-order valence-electron chi connectivity index (χ2n) is 4.78. The van der Waals surface area contributed by atoms with Crippen molar-refractivity contribution in [3.8, 4) is 0 Å². The highest BCUT2D eigenvalue weighted by atomic mass is 16.5. The smallest absolute Gasteiger partial charge is 0.239 e. The molecule has 1 atom stereocenters. The highest BCUT2D eigenvalue weighted by molar-refractivity contribution is 5.87. The lowest BCUT2D eigenvalue weighted by molar-refractivity contribution is -0.129. The first-order chi connectivity index (χ1) is 8.65. The molecule has 0 aromatic rings. The molecule has 0 aliphatic carbocycles. The maximum atomic E-state index is 12.1. The lowest BCUT2D eigenvalue weighted by Gasteiger charge is -2.37. The maximum absolute atomic E-state index is 12.1. The SMILES string of the molecule is O=C1CNC(C(=O)NC2(CO)CCOCC2)CN1. The minimum atomic E-state index is -0.585. The first-order valence-electron chi connectivity index (χ1n) is 6.16. The van der Waals surface area contributed by atoms with Crippen LogP contribution in [0.25, 0.3) is 0 Å². The molecule has 2 saturated heterocycles. The molecule has 0 bridgehead atoms. The Kier molecular flexibility index (Phi) is 4.15. The Balaban J connectivity index is 1.90. The molecule has 7 heteroatoms. The average Bonchev–Trinajstić information content (AvgIpc) is 2.40. The Bertz CT molecular complexity index is 318. The summed E-state index contributed by atoms with van der Waals surface area (Å²) in [4.78, 5) is 23.0. The molecule has 0 aromatic carbocycles. The molecule has 7 nitrogen and oxygen atoms in total. The fourth-order valence-corrected chi connectivity index (χ4v) is 2.19. The third kappa shape index (κ3) is 2.98. The second-order valence-corrected chi connectivity index (χ2v) is 4.78. The van der Waals surface area contributed by atoms with E-state index in [-0.39, 0.29) is 31.5 Å². The number of nitrogens with one attached hydrogen (secondary N) is 3. The number of aliphatic hydroxyl groups excluding tert-OH is 1. The van der Waals surface area contributed by atoms with Gasteiger partial charge in [0.1, 0.15) is 6.04 Å². The first-order valence-corrected chi connectivity index (χ1v) is 6.16. The van der Waals surface area contributed by atoms with E-state index in [1.807, 2.05) is 0 Å². The van der Waals surface area contributed by atoms with E-state index in [0.717, 1.165) is 0 Å². The Morgan fingerprint density at radius 2 is 2.22 bits per heavy atom. The van der Waals surface area contributed by atoms with Gasteiger partial charge in [-0.2, -0.15) is 0 Å². The topological polar surface area (TPSA) is 99.7 Å². The van der Waals surface area contributed by atoms with Crippen LogP contribution in [0.3, 0.4) is 0 Å².